The summed E-state index contributed by atoms with van der Waals surface area (Å²) in [5, 5.41) is 10.1. The van der Waals surface area contributed by atoms with Gasteiger partial charge in [-0.25, -0.2) is 0 Å². The zero-order chi connectivity index (χ0) is 36.4. The lowest BCUT2D eigenvalue weighted by molar-refractivity contribution is 0.661. The summed E-state index contributed by atoms with van der Waals surface area (Å²) in [5.41, 5.74) is 15.1. The van der Waals surface area contributed by atoms with Crippen LogP contribution in [0, 0.1) is 0 Å². The van der Waals surface area contributed by atoms with Crippen LogP contribution in [0.15, 0.2) is 182 Å². The number of fused-ring (bicyclic) bond motifs is 11. The molecule has 11 aromatic rings. The van der Waals surface area contributed by atoms with Gasteiger partial charge < -0.3 is 9.13 Å². The molecule has 1 aliphatic carbocycles. The van der Waals surface area contributed by atoms with Gasteiger partial charge in [-0.05, 0) is 98.8 Å². The van der Waals surface area contributed by atoms with Crippen molar-refractivity contribution in [3.05, 3.63) is 193 Å². The summed E-state index contributed by atoms with van der Waals surface area (Å²) >= 11 is 0. The second-order valence-corrected chi connectivity index (χ2v) is 15.7. The zero-order valence-corrected chi connectivity index (χ0v) is 30.7. The molecule has 9 aromatic carbocycles. The van der Waals surface area contributed by atoms with Crippen LogP contribution < -0.4 is 0 Å². The molecule has 2 nitrogen and oxygen atoms in total. The number of hydrogen-bond acceptors (Lipinski definition) is 0. The van der Waals surface area contributed by atoms with Gasteiger partial charge in [-0.3, -0.25) is 0 Å². The Morgan fingerprint density at radius 2 is 0.818 bits per heavy atom. The quantitative estimate of drug-likeness (QED) is 0.174. The third kappa shape index (κ3) is 4.20. The van der Waals surface area contributed by atoms with E-state index >= 15 is 0 Å². The van der Waals surface area contributed by atoms with Crippen LogP contribution in [0.2, 0.25) is 0 Å². The lowest BCUT2D eigenvalue weighted by Crippen LogP contribution is -2.14. The highest BCUT2D eigenvalue weighted by atomic mass is 15.0. The Bertz CT molecular complexity index is 3400. The molecule has 1 aliphatic rings. The first-order valence-corrected chi connectivity index (χ1v) is 19.3. The van der Waals surface area contributed by atoms with E-state index in [-0.39, 0.29) is 5.41 Å². The normalized spacial score (nSPS) is 13.4. The minimum absolute atomic E-state index is 0.0913. The highest BCUT2D eigenvalue weighted by Gasteiger charge is 2.36. The molecule has 0 atom stereocenters. The van der Waals surface area contributed by atoms with Gasteiger partial charge in [0.05, 0.1) is 33.4 Å². The minimum Gasteiger partial charge on any atom is -0.309 e. The smallest absolute Gasteiger partial charge is 0.0544 e. The van der Waals surface area contributed by atoms with Crippen molar-refractivity contribution in [2.45, 2.75) is 19.3 Å². The largest absolute Gasteiger partial charge is 0.309 e. The third-order valence-corrected chi connectivity index (χ3v) is 12.5. The molecule has 0 fully saturated rings. The Kier molecular flexibility index (Phi) is 6.15. The van der Waals surface area contributed by atoms with E-state index in [2.05, 4.69) is 205 Å². The van der Waals surface area contributed by atoms with E-state index in [9.17, 15) is 0 Å². The number of nitrogens with zero attached hydrogens (tertiary/aromatic N) is 2. The second kappa shape index (κ2) is 11.1. The van der Waals surface area contributed by atoms with Crippen molar-refractivity contribution in [2.24, 2.45) is 0 Å². The van der Waals surface area contributed by atoms with Crippen LogP contribution in [0.5, 0.6) is 0 Å². The van der Waals surface area contributed by atoms with E-state index in [1.54, 1.807) is 0 Å². The molecule has 0 unspecified atom stereocenters. The molecule has 0 saturated carbocycles. The Balaban J connectivity index is 1.12. The fourth-order valence-electron chi connectivity index (χ4n) is 9.87. The van der Waals surface area contributed by atoms with Crippen LogP contribution in [0.25, 0.3) is 98.8 Å². The van der Waals surface area contributed by atoms with Gasteiger partial charge in [-0.2, -0.15) is 0 Å². The molecule has 0 N–H and O–H groups in total. The van der Waals surface area contributed by atoms with Crippen molar-refractivity contribution < 1.29 is 0 Å². The summed E-state index contributed by atoms with van der Waals surface area (Å²) in [4.78, 5) is 0. The first-order valence-electron chi connectivity index (χ1n) is 19.3. The van der Waals surface area contributed by atoms with Gasteiger partial charge in [-0.15, -0.1) is 0 Å². The Hall–Kier alpha value is -6.90. The van der Waals surface area contributed by atoms with Crippen molar-refractivity contribution in [1.29, 1.82) is 0 Å². The summed E-state index contributed by atoms with van der Waals surface area (Å²) in [5.74, 6) is 0. The van der Waals surface area contributed by atoms with E-state index in [0.29, 0.717) is 0 Å². The predicted molar refractivity (Wildman–Crippen MR) is 233 cm³/mol. The van der Waals surface area contributed by atoms with E-state index in [1.807, 2.05) is 0 Å². The average molecular weight is 701 g/mol. The van der Waals surface area contributed by atoms with Crippen LogP contribution in [-0.2, 0) is 5.41 Å². The van der Waals surface area contributed by atoms with Gasteiger partial charge >= 0.3 is 0 Å². The molecule has 0 amide bonds. The molecule has 2 aromatic heterocycles. The minimum atomic E-state index is -0.0913. The van der Waals surface area contributed by atoms with Crippen molar-refractivity contribution in [3.8, 4) is 33.6 Å². The zero-order valence-electron chi connectivity index (χ0n) is 30.7. The average Bonchev–Trinajstić information content (AvgIpc) is 3.81. The maximum atomic E-state index is 2.51. The van der Waals surface area contributed by atoms with Gasteiger partial charge in [0, 0.05) is 37.7 Å². The fraction of sp³-hybridized carbons (Fsp3) is 0.0566. The highest BCUT2D eigenvalue weighted by Crippen LogP contribution is 2.51. The second-order valence-electron chi connectivity index (χ2n) is 15.7. The number of rotatable bonds is 3. The molecule has 0 radical (unpaired) electrons. The molecule has 0 saturated heterocycles. The predicted octanol–water partition coefficient (Wildman–Crippen LogP) is 14.2. The van der Waals surface area contributed by atoms with E-state index < -0.39 is 0 Å². The number of hydrogen-bond donors (Lipinski definition) is 0. The molecule has 0 bridgehead atoms. The van der Waals surface area contributed by atoms with Crippen molar-refractivity contribution in [1.82, 2.24) is 9.13 Å². The Morgan fingerprint density at radius 3 is 1.49 bits per heavy atom. The van der Waals surface area contributed by atoms with Gasteiger partial charge in [0.25, 0.3) is 0 Å². The van der Waals surface area contributed by atoms with Crippen LogP contribution in [-0.4, -0.2) is 9.13 Å². The molecule has 12 rings (SSSR count). The first kappa shape index (κ1) is 30.6. The molecule has 0 spiro atoms. The first-order chi connectivity index (χ1) is 27.0. The number of para-hydroxylation sites is 1. The SMILES string of the molecule is CC1(C)c2ccccc2-c2cc3c4cc(-c5ccc6c(c5)c5ccccc5n6-c5cccc6ccccc56)ccc4n(-c4cccc5ccccc45)c3cc21. The van der Waals surface area contributed by atoms with Crippen LogP contribution in [0.4, 0.5) is 0 Å². The van der Waals surface area contributed by atoms with Gasteiger partial charge in [0.1, 0.15) is 0 Å². The molecular formula is C53H36N2. The Labute approximate surface area is 319 Å². The molecule has 2 heterocycles. The van der Waals surface area contributed by atoms with E-state index in [1.165, 1.54) is 110 Å². The maximum absolute atomic E-state index is 2.51. The lowest BCUT2D eigenvalue weighted by atomic mass is 9.82. The standard InChI is InChI=1S/C53H36N2/c1-53(2)45-21-9-7-19-39(45)41-31-44-43-30-36(26-28-51(43)55(52(44)32-46(41)53)48-24-12-16-34-14-4-6-18-38(34)48)35-25-27-50-42(29-35)40-20-8-10-22-49(40)54(50)47-23-11-15-33-13-3-5-17-37(33)47/h3-32H,1-2H3. The molecule has 2 heteroatoms. The summed E-state index contributed by atoms with van der Waals surface area (Å²) in [6.45, 7) is 4.75. The fourth-order valence-corrected chi connectivity index (χ4v) is 9.87. The third-order valence-electron chi connectivity index (χ3n) is 12.5. The van der Waals surface area contributed by atoms with Crippen LogP contribution >= 0.6 is 0 Å². The van der Waals surface area contributed by atoms with Crippen LogP contribution in [0.1, 0.15) is 25.0 Å². The van der Waals surface area contributed by atoms with E-state index in [0.717, 1.165) is 0 Å². The monoisotopic (exact) mass is 700 g/mol. The molecule has 55 heavy (non-hydrogen) atoms. The van der Waals surface area contributed by atoms with Gasteiger partial charge in [0.15, 0.2) is 0 Å². The van der Waals surface area contributed by atoms with E-state index in [4.69, 9.17) is 0 Å². The number of benzene rings is 9. The Morgan fingerprint density at radius 1 is 0.327 bits per heavy atom. The van der Waals surface area contributed by atoms with Gasteiger partial charge in [0.2, 0.25) is 0 Å². The lowest BCUT2D eigenvalue weighted by Gasteiger charge is -2.21. The summed E-state index contributed by atoms with van der Waals surface area (Å²) in [6.07, 6.45) is 0. The van der Waals surface area contributed by atoms with Crippen molar-refractivity contribution in [2.75, 3.05) is 0 Å². The summed E-state index contributed by atoms with van der Waals surface area (Å²) in [7, 11) is 0. The number of aromatic nitrogens is 2. The molecule has 258 valence electrons. The maximum Gasteiger partial charge on any atom is 0.0544 e. The molecule has 0 aliphatic heterocycles. The van der Waals surface area contributed by atoms with Gasteiger partial charge in [-0.1, -0.05) is 141 Å². The summed E-state index contributed by atoms with van der Waals surface area (Å²) in [6, 6.07) is 67.7. The topological polar surface area (TPSA) is 9.86 Å². The summed E-state index contributed by atoms with van der Waals surface area (Å²) < 4.78 is 4.95. The highest BCUT2D eigenvalue weighted by molar-refractivity contribution is 6.15. The van der Waals surface area contributed by atoms with Crippen molar-refractivity contribution in [3.63, 3.8) is 0 Å². The van der Waals surface area contributed by atoms with Crippen LogP contribution in [0.3, 0.4) is 0 Å². The molecular weight excluding hydrogens is 665 g/mol. The van der Waals surface area contributed by atoms with Crippen molar-refractivity contribution >= 4 is 65.2 Å².